The van der Waals surface area contributed by atoms with E-state index in [0.717, 1.165) is 25.2 Å². The number of rotatable bonds is 5. The molecule has 0 unspecified atom stereocenters. The van der Waals surface area contributed by atoms with Crippen LogP contribution in [-0.4, -0.2) is 25.0 Å². The third kappa shape index (κ3) is 5.09. The van der Waals surface area contributed by atoms with Crippen LogP contribution < -0.4 is 0 Å². The maximum atomic E-state index is 11.6. The summed E-state index contributed by atoms with van der Waals surface area (Å²) in [6, 6.07) is 0. The number of alkyl halides is 2. The van der Waals surface area contributed by atoms with Crippen molar-refractivity contribution in [2.45, 2.75) is 19.3 Å². The highest BCUT2D eigenvalue weighted by atomic mass is 19.3. The molecule has 0 spiro atoms. The maximum Gasteiger partial charge on any atom is 0.334 e. The number of hydrogen-bond acceptors (Lipinski definition) is 4. The Bertz CT molecular complexity index is 271. The van der Waals surface area contributed by atoms with Gasteiger partial charge in [0.1, 0.15) is 6.26 Å². The first kappa shape index (κ1) is 11.6. The Kier molecular flexibility index (Phi) is 4.20. The van der Waals surface area contributed by atoms with Gasteiger partial charge in [-0.15, -0.1) is 0 Å². The quantitative estimate of drug-likeness (QED) is 0.397. The monoisotopic (exact) mass is 220 g/mol. The van der Waals surface area contributed by atoms with Gasteiger partial charge in [0, 0.05) is 0 Å². The van der Waals surface area contributed by atoms with Gasteiger partial charge in [-0.05, 0) is 12.8 Å². The summed E-state index contributed by atoms with van der Waals surface area (Å²) >= 11 is 0. The highest BCUT2D eigenvalue weighted by Gasteiger charge is 2.30. The van der Waals surface area contributed by atoms with Crippen molar-refractivity contribution in [3.8, 4) is 0 Å². The molecule has 1 fully saturated rings. The molecule has 0 bridgehead atoms. The molecule has 0 amide bonds. The largest absolute Gasteiger partial charge is 0.456 e. The van der Waals surface area contributed by atoms with Gasteiger partial charge in [-0.3, -0.25) is 4.79 Å². The second-order valence-corrected chi connectivity index (χ2v) is 3.04. The molecule has 0 aromatic rings. The van der Waals surface area contributed by atoms with Gasteiger partial charge >= 0.3 is 11.9 Å². The molecule has 0 aromatic carbocycles. The highest BCUT2D eigenvalue weighted by molar-refractivity contribution is 5.82. The lowest BCUT2D eigenvalue weighted by atomic mass is 10.4. The smallest absolute Gasteiger partial charge is 0.334 e. The predicted octanol–water partition coefficient (Wildman–Crippen LogP) is 1.26. The Labute approximate surface area is 84.8 Å². The van der Waals surface area contributed by atoms with Crippen molar-refractivity contribution in [1.82, 2.24) is 0 Å². The molecule has 0 aliphatic heterocycles. The number of halogens is 2. The van der Waals surface area contributed by atoms with Crippen LogP contribution in [0.25, 0.3) is 0 Å². The summed E-state index contributed by atoms with van der Waals surface area (Å²) in [4.78, 5) is 21.6. The summed E-state index contributed by atoms with van der Waals surface area (Å²) in [5.41, 5.74) is 0. The van der Waals surface area contributed by atoms with E-state index >= 15 is 0 Å². The standard InChI is InChI=1S/C9H10F2O4/c10-7(11)5-15-8(12)3-4-14-9(13)6-1-2-6/h3-4,6-7H,1-2,5H2/b4-3-. The van der Waals surface area contributed by atoms with Crippen molar-refractivity contribution >= 4 is 11.9 Å². The van der Waals surface area contributed by atoms with Gasteiger partial charge in [0.05, 0.1) is 12.0 Å². The maximum absolute atomic E-state index is 11.6. The highest BCUT2D eigenvalue weighted by Crippen LogP contribution is 2.30. The zero-order valence-electron chi connectivity index (χ0n) is 7.82. The van der Waals surface area contributed by atoms with E-state index in [-0.39, 0.29) is 5.92 Å². The average molecular weight is 220 g/mol. The second-order valence-electron chi connectivity index (χ2n) is 3.04. The van der Waals surface area contributed by atoms with Crippen LogP contribution in [0.15, 0.2) is 12.3 Å². The van der Waals surface area contributed by atoms with Crippen molar-refractivity contribution in [1.29, 1.82) is 0 Å². The van der Waals surface area contributed by atoms with Gasteiger partial charge in [0.25, 0.3) is 6.43 Å². The molecule has 84 valence electrons. The lowest BCUT2D eigenvalue weighted by Gasteiger charge is -1.99. The molecule has 0 atom stereocenters. The lowest BCUT2D eigenvalue weighted by Crippen LogP contribution is -2.09. The van der Waals surface area contributed by atoms with Gasteiger partial charge in [0.2, 0.25) is 0 Å². The number of ether oxygens (including phenoxy) is 2. The zero-order valence-corrected chi connectivity index (χ0v) is 7.82. The normalized spacial score (nSPS) is 15.7. The van der Waals surface area contributed by atoms with Gasteiger partial charge in [0.15, 0.2) is 6.61 Å². The van der Waals surface area contributed by atoms with Crippen molar-refractivity contribution < 1.29 is 27.8 Å². The van der Waals surface area contributed by atoms with E-state index < -0.39 is 25.0 Å². The fourth-order valence-corrected chi connectivity index (χ4v) is 0.765. The van der Waals surface area contributed by atoms with Crippen molar-refractivity contribution in [2.75, 3.05) is 6.61 Å². The molecule has 0 heterocycles. The minimum atomic E-state index is -2.70. The van der Waals surface area contributed by atoms with Crippen LogP contribution in [0.4, 0.5) is 8.78 Å². The molecular weight excluding hydrogens is 210 g/mol. The molecule has 1 saturated carbocycles. The molecule has 1 aliphatic rings. The molecule has 1 rings (SSSR count). The average Bonchev–Trinajstić information content (AvgIpc) is 2.97. The first-order valence-corrected chi connectivity index (χ1v) is 4.41. The SMILES string of the molecule is O=C(/C=C\OC(=O)C1CC1)OCC(F)F. The van der Waals surface area contributed by atoms with Gasteiger partial charge in [-0.1, -0.05) is 0 Å². The summed E-state index contributed by atoms with van der Waals surface area (Å²) < 4.78 is 31.8. The summed E-state index contributed by atoms with van der Waals surface area (Å²) in [6.45, 7) is -0.959. The minimum absolute atomic E-state index is 0.0771. The third-order valence-electron chi connectivity index (χ3n) is 1.65. The van der Waals surface area contributed by atoms with E-state index in [1.807, 2.05) is 0 Å². The summed E-state index contributed by atoms with van der Waals surface area (Å²) in [5, 5.41) is 0. The predicted molar refractivity (Wildman–Crippen MR) is 44.9 cm³/mol. The van der Waals surface area contributed by atoms with Crippen molar-refractivity contribution in [3.63, 3.8) is 0 Å². The number of carbonyl (C=O) groups excluding carboxylic acids is 2. The molecule has 1 aliphatic carbocycles. The molecule has 0 radical (unpaired) electrons. The molecule has 0 aromatic heterocycles. The third-order valence-corrected chi connectivity index (χ3v) is 1.65. The van der Waals surface area contributed by atoms with E-state index in [0.29, 0.717) is 0 Å². The van der Waals surface area contributed by atoms with E-state index in [1.54, 1.807) is 0 Å². The van der Waals surface area contributed by atoms with Crippen molar-refractivity contribution in [2.24, 2.45) is 5.92 Å². The van der Waals surface area contributed by atoms with Crippen LogP contribution in [0.5, 0.6) is 0 Å². The number of esters is 2. The Morgan fingerprint density at radius 3 is 2.60 bits per heavy atom. The molecule has 15 heavy (non-hydrogen) atoms. The molecule has 6 heteroatoms. The van der Waals surface area contributed by atoms with Crippen LogP contribution in [0.3, 0.4) is 0 Å². The van der Waals surface area contributed by atoms with Gasteiger partial charge in [-0.25, -0.2) is 13.6 Å². The zero-order chi connectivity index (χ0) is 11.3. The Balaban J connectivity index is 2.13. The molecular formula is C9H10F2O4. The van der Waals surface area contributed by atoms with Crippen LogP contribution in [0, 0.1) is 5.92 Å². The van der Waals surface area contributed by atoms with Crippen molar-refractivity contribution in [3.05, 3.63) is 12.3 Å². The van der Waals surface area contributed by atoms with Gasteiger partial charge < -0.3 is 9.47 Å². The fraction of sp³-hybridized carbons (Fsp3) is 0.556. The van der Waals surface area contributed by atoms with Gasteiger partial charge in [-0.2, -0.15) is 0 Å². The van der Waals surface area contributed by atoms with E-state index in [2.05, 4.69) is 9.47 Å². The number of hydrogen-bond donors (Lipinski definition) is 0. The van der Waals surface area contributed by atoms with E-state index in [9.17, 15) is 18.4 Å². The first-order valence-electron chi connectivity index (χ1n) is 4.41. The topological polar surface area (TPSA) is 52.6 Å². The van der Waals surface area contributed by atoms with Crippen LogP contribution in [0.1, 0.15) is 12.8 Å². The van der Waals surface area contributed by atoms with Crippen LogP contribution in [-0.2, 0) is 19.1 Å². The van der Waals surface area contributed by atoms with Crippen LogP contribution in [0.2, 0.25) is 0 Å². The van der Waals surface area contributed by atoms with E-state index in [1.165, 1.54) is 0 Å². The Hall–Kier alpha value is -1.46. The second kappa shape index (κ2) is 5.43. The number of carbonyl (C=O) groups is 2. The summed E-state index contributed by atoms with van der Waals surface area (Å²) in [5.74, 6) is -1.45. The fourth-order valence-electron chi connectivity index (χ4n) is 0.765. The summed E-state index contributed by atoms with van der Waals surface area (Å²) in [6.07, 6.45) is 0.540. The lowest BCUT2D eigenvalue weighted by molar-refractivity contribution is -0.142. The molecule has 4 nitrogen and oxygen atoms in total. The minimum Gasteiger partial charge on any atom is -0.456 e. The molecule has 0 N–H and O–H groups in total. The summed E-state index contributed by atoms with van der Waals surface area (Å²) in [7, 11) is 0. The molecule has 0 saturated heterocycles. The van der Waals surface area contributed by atoms with E-state index in [4.69, 9.17) is 0 Å². The first-order chi connectivity index (χ1) is 7.09. The Morgan fingerprint density at radius 2 is 2.07 bits per heavy atom. The van der Waals surface area contributed by atoms with Crippen LogP contribution >= 0.6 is 0 Å². The Morgan fingerprint density at radius 1 is 1.40 bits per heavy atom.